The van der Waals surface area contributed by atoms with Gasteiger partial charge in [0.05, 0.1) is 13.2 Å². The molecule has 0 fully saturated rings. The fraction of sp³-hybridized carbons (Fsp3) is 0.556. The molecule has 1 amide bonds. The predicted octanol–water partition coefficient (Wildman–Crippen LogP) is 1.50. The average molecular weight is 201 g/mol. The Bertz CT molecular complexity index is 225. The molecule has 5 heteroatoms. The number of hydroxylamine groups is 2. The molecular weight excluding hydrogens is 186 g/mol. The number of rotatable bonds is 3. The number of ether oxygens (including phenoxy) is 1. The number of nitrogens with zero attached hydrogens (tertiary/aromatic N) is 1. The molecule has 0 N–H and O–H groups in total. The van der Waals surface area contributed by atoms with Gasteiger partial charge in [-0.15, -0.1) is 5.06 Å². The molecule has 0 saturated carbocycles. The molecule has 0 rings (SSSR count). The molecule has 0 aromatic heterocycles. The van der Waals surface area contributed by atoms with Crippen molar-refractivity contribution in [1.82, 2.24) is 5.06 Å². The molecule has 0 saturated heterocycles. The molecule has 5 nitrogen and oxygen atoms in total. The van der Waals surface area contributed by atoms with Crippen molar-refractivity contribution < 1.29 is 19.2 Å². The van der Waals surface area contributed by atoms with Gasteiger partial charge in [0.1, 0.15) is 0 Å². The Morgan fingerprint density at radius 3 is 2.43 bits per heavy atom. The van der Waals surface area contributed by atoms with Gasteiger partial charge < -0.3 is 9.57 Å². The van der Waals surface area contributed by atoms with Crippen LogP contribution >= 0.6 is 0 Å². The van der Waals surface area contributed by atoms with Gasteiger partial charge in [0.2, 0.25) is 0 Å². The molecule has 0 heterocycles. The summed E-state index contributed by atoms with van der Waals surface area (Å²) < 4.78 is 4.66. The van der Waals surface area contributed by atoms with E-state index >= 15 is 0 Å². The third kappa shape index (κ3) is 4.49. The van der Waals surface area contributed by atoms with E-state index in [4.69, 9.17) is 0 Å². The maximum atomic E-state index is 11.1. The van der Waals surface area contributed by atoms with E-state index in [1.165, 1.54) is 12.2 Å². The molecule has 80 valence electrons. The zero-order chi connectivity index (χ0) is 11.0. The van der Waals surface area contributed by atoms with Crippen LogP contribution in [0.4, 0.5) is 4.79 Å². The second-order valence-corrected chi connectivity index (χ2v) is 2.30. The number of hydrogen-bond donors (Lipinski definition) is 0. The van der Waals surface area contributed by atoms with E-state index in [-0.39, 0.29) is 13.2 Å². The Morgan fingerprint density at radius 2 is 2.00 bits per heavy atom. The van der Waals surface area contributed by atoms with E-state index in [1.807, 2.05) is 0 Å². The molecule has 0 aliphatic carbocycles. The summed E-state index contributed by atoms with van der Waals surface area (Å²) in [4.78, 5) is 26.8. The molecule has 0 atom stereocenters. The van der Waals surface area contributed by atoms with E-state index in [9.17, 15) is 9.59 Å². The van der Waals surface area contributed by atoms with Crippen molar-refractivity contribution in [3.05, 3.63) is 12.2 Å². The Morgan fingerprint density at radius 1 is 1.36 bits per heavy atom. The van der Waals surface area contributed by atoms with Gasteiger partial charge in [-0.1, -0.05) is 6.08 Å². The summed E-state index contributed by atoms with van der Waals surface area (Å²) in [7, 11) is 0. The van der Waals surface area contributed by atoms with E-state index in [0.717, 1.165) is 5.06 Å². The van der Waals surface area contributed by atoms with Gasteiger partial charge in [-0.2, -0.15) is 0 Å². The van der Waals surface area contributed by atoms with E-state index in [1.54, 1.807) is 20.8 Å². The third-order valence-electron chi connectivity index (χ3n) is 1.26. The standard InChI is InChI=1S/C9H15NO4/c1-4-7-8(11)14-10(5-2)9(12)13-6-3/h4,7H,5-6H2,1-3H3. The number of hydrogen-bond acceptors (Lipinski definition) is 4. The quantitative estimate of drug-likeness (QED) is 0.513. The van der Waals surface area contributed by atoms with Crippen LogP contribution in [0, 0.1) is 0 Å². The Labute approximate surface area is 83.2 Å². The van der Waals surface area contributed by atoms with Crippen molar-refractivity contribution in [1.29, 1.82) is 0 Å². The molecular formula is C9H15NO4. The molecule has 0 radical (unpaired) electrons. The lowest BCUT2D eigenvalue weighted by Crippen LogP contribution is -2.33. The maximum Gasteiger partial charge on any atom is 0.443 e. The normalized spacial score (nSPS) is 9.93. The number of amides is 1. The number of allylic oxidation sites excluding steroid dienone is 1. The Hall–Kier alpha value is -1.52. The fourth-order valence-corrected chi connectivity index (χ4v) is 0.702. The topological polar surface area (TPSA) is 55.8 Å². The molecule has 0 aliphatic rings. The van der Waals surface area contributed by atoms with Gasteiger partial charge in [-0.05, 0) is 20.8 Å². The van der Waals surface area contributed by atoms with Crippen LogP contribution in [0.25, 0.3) is 0 Å². The van der Waals surface area contributed by atoms with Crippen molar-refractivity contribution in [2.75, 3.05) is 13.2 Å². The Kier molecular flexibility index (Phi) is 6.19. The predicted molar refractivity (Wildman–Crippen MR) is 50.3 cm³/mol. The monoisotopic (exact) mass is 201 g/mol. The summed E-state index contributed by atoms with van der Waals surface area (Å²) in [6.45, 7) is 5.54. The minimum atomic E-state index is -0.659. The highest BCUT2D eigenvalue weighted by Crippen LogP contribution is 1.96. The van der Waals surface area contributed by atoms with Crippen LogP contribution in [0.2, 0.25) is 0 Å². The molecule has 0 aliphatic heterocycles. The summed E-state index contributed by atoms with van der Waals surface area (Å²) in [6.07, 6.45) is 2.09. The van der Waals surface area contributed by atoms with E-state index in [2.05, 4.69) is 9.57 Å². The van der Waals surface area contributed by atoms with Gasteiger partial charge in [0.25, 0.3) is 0 Å². The Balaban J connectivity index is 4.14. The highest BCUT2D eigenvalue weighted by Gasteiger charge is 2.15. The maximum absolute atomic E-state index is 11.1. The highest BCUT2D eigenvalue weighted by molar-refractivity contribution is 5.82. The second kappa shape index (κ2) is 6.94. The summed E-state index contributed by atoms with van der Waals surface area (Å²) in [5.41, 5.74) is 0. The van der Waals surface area contributed by atoms with Gasteiger partial charge >= 0.3 is 12.1 Å². The van der Waals surface area contributed by atoms with Crippen molar-refractivity contribution in [2.24, 2.45) is 0 Å². The second-order valence-electron chi connectivity index (χ2n) is 2.30. The molecule has 0 spiro atoms. The van der Waals surface area contributed by atoms with Crippen LogP contribution in [-0.4, -0.2) is 30.3 Å². The van der Waals surface area contributed by atoms with Crippen LogP contribution in [0.3, 0.4) is 0 Å². The van der Waals surface area contributed by atoms with Crippen molar-refractivity contribution >= 4 is 12.1 Å². The summed E-state index contributed by atoms with van der Waals surface area (Å²) in [6, 6.07) is 0. The van der Waals surface area contributed by atoms with Crippen LogP contribution < -0.4 is 0 Å². The molecule has 0 aromatic carbocycles. The smallest absolute Gasteiger partial charge is 0.443 e. The minimum absolute atomic E-state index is 0.247. The van der Waals surface area contributed by atoms with Crippen molar-refractivity contribution in [3.8, 4) is 0 Å². The van der Waals surface area contributed by atoms with Crippen LogP contribution in [0.5, 0.6) is 0 Å². The molecule has 0 bridgehead atoms. The van der Waals surface area contributed by atoms with E-state index in [0.29, 0.717) is 0 Å². The largest absolute Gasteiger partial charge is 0.448 e. The average Bonchev–Trinajstić information content (AvgIpc) is 2.15. The van der Waals surface area contributed by atoms with Crippen LogP contribution in [-0.2, 0) is 14.4 Å². The first kappa shape index (κ1) is 12.5. The lowest BCUT2D eigenvalue weighted by Gasteiger charge is -2.17. The summed E-state index contributed by atoms with van der Waals surface area (Å²) in [5.74, 6) is -0.595. The van der Waals surface area contributed by atoms with Crippen molar-refractivity contribution in [3.63, 3.8) is 0 Å². The molecule has 0 aromatic rings. The highest BCUT2D eigenvalue weighted by atomic mass is 16.7. The minimum Gasteiger partial charge on any atom is -0.448 e. The fourth-order valence-electron chi connectivity index (χ4n) is 0.702. The van der Waals surface area contributed by atoms with E-state index < -0.39 is 12.1 Å². The van der Waals surface area contributed by atoms with Gasteiger partial charge in [-0.3, -0.25) is 0 Å². The van der Waals surface area contributed by atoms with Gasteiger partial charge in [0.15, 0.2) is 0 Å². The zero-order valence-electron chi connectivity index (χ0n) is 8.65. The van der Waals surface area contributed by atoms with Crippen LogP contribution in [0.15, 0.2) is 12.2 Å². The third-order valence-corrected chi connectivity index (χ3v) is 1.26. The summed E-state index contributed by atoms with van der Waals surface area (Å²) in [5, 5.41) is 0.867. The number of carbonyl (C=O) groups is 2. The molecule has 14 heavy (non-hydrogen) atoms. The molecule has 0 unspecified atom stereocenters. The van der Waals surface area contributed by atoms with Crippen molar-refractivity contribution in [2.45, 2.75) is 20.8 Å². The first-order valence-corrected chi connectivity index (χ1v) is 4.44. The lowest BCUT2D eigenvalue weighted by molar-refractivity contribution is -0.174. The first-order valence-electron chi connectivity index (χ1n) is 4.44. The van der Waals surface area contributed by atoms with Gasteiger partial charge in [0, 0.05) is 6.08 Å². The SMILES string of the molecule is CC=CC(=O)ON(CC)C(=O)OCC. The summed E-state index contributed by atoms with van der Waals surface area (Å²) >= 11 is 0. The zero-order valence-corrected chi connectivity index (χ0v) is 8.65. The van der Waals surface area contributed by atoms with Crippen LogP contribution in [0.1, 0.15) is 20.8 Å². The first-order chi connectivity index (χ1) is 6.65. The van der Waals surface area contributed by atoms with Gasteiger partial charge in [-0.25, -0.2) is 9.59 Å². The lowest BCUT2D eigenvalue weighted by atomic mass is 10.5. The number of carbonyl (C=O) groups excluding carboxylic acids is 2.